The summed E-state index contributed by atoms with van der Waals surface area (Å²) < 4.78 is 0. The first-order valence-corrected chi connectivity index (χ1v) is 5.39. The average Bonchev–Trinajstić information content (AvgIpc) is 2.03. The third-order valence-corrected chi connectivity index (χ3v) is 4.11. The third-order valence-electron chi connectivity index (χ3n) is 4.11. The smallest absolute Gasteiger partial charge is 0.0549 e. The Bertz CT molecular complexity index is 238. The maximum absolute atomic E-state index is 9.37. The Kier molecular flexibility index (Phi) is 2.03. The zero-order valence-electron chi connectivity index (χ0n) is 8.88. The zero-order chi connectivity index (χ0) is 9.64. The molecule has 2 bridgehead atoms. The molecule has 0 aromatic rings. The molecule has 74 valence electrons. The molecule has 1 N–H and O–H groups in total. The molecule has 0 radical (unpaired) electrons. The van der Waals surface area contributed by atoms with Gasteiger partial charge in [0.1, 0.15) is 0 Å². The number of allylic oxidation sites excluding steroid dienone is 1. The van der Waals surface area contributed by atoms with Crippen molar-refractivity contribution in [1.82, 2.24) is 0 Å². The highest BCUT2D eigenvalue weighted by Crippen LogP contribution is 2.59. The van der Waals surface area contributed by atoms with Crippen LogP contribution in [-0.4, -0.2) is 11.2 Å². The highest BCUT2D eigenvalue weighted by atomic mass is 16.3. The van der Waals surface area contributed by atoms with Gasteiger partial charge < -0.3 is 5.11 Å². The number of aliphatic hydroxyl groups is 1. The van der Waals surface area contributed by atoms with Gasteiger partial charge in [0.25, 0.3) is 0 Å². The van der Waals surface area contributed by atoms with Crippen LogP contribution in [0.25, 0.3) is 0 Å². The molecular weight excluding hydrogens is 160 g/mol. The Morgan fingerprint density at radius 2 is 2.31 bits per heavy atom. The molecular formula is C12H20O. The van der Waals surface area contributed by atoms with E-state index in [1.807, 2.05) is 6.92 Å². The van der Waals surface area contributed by atoms with Crippen LogP contribution in [0.5, 0.6) is 0 Å². The van der Waals surface area contributed by atoms with E-state index >= 15 is 0 Å². The molecule has 1 saturated carbocycles. The highest BCUT2D eigenvalue weighted by Gasteiger charge is 2.50. The summed E-state index contributed by atoms with van der Waals surface area (Å²) in [5, 5.41) is 9.37. The summed E-state index contributed by atoms with van der Waals surface area (Å²) in [4.78, 5) is 0. The Hall–Kier alpha value is -0.300. The Labute approximate surface area is 80.8 Å². The minimum Gasteiger partial charge on any atom is -0.393 e. The van der Waals surface area contributed by atoms with Crippen LogP contribution in [0, 0.1) is 17.3 Å². The van der Waals surface area contributed by atoms with E-state index in [0.717, 1.165) is 18.3 Å². The lowest BCUT2D eigenvalue weighted by Crippen LogP contribution is -2.48. The van der Waals surface area contributed by atoms with Gasteiger partial charge in [0.05, 0.1) is 6.10 Å². The molecule has 0 aromatic heterocycles. The van der Waals surface area contributed by atoms with Gasteiger partial charge in [-0.25, -0.2) is 0 Å². The topological polar surface area (TPSA) is 20.2 Å². The van der Waals surface area contributed by atoms with Crippen molar-refractivity contribution >= 4 is 0 Å². The number of rotatable bonds is 2. The first kappa shape index (κ1) is 9.26. The van der Waals surface area contributed by atoms with E-state index in [9.17, 15) is 5.11 Å². The molecule has 3 rings (SSSR count). The van der Waals surface area contributed by atoms with E-state index < -0.39 is 0 Å². The minimum absolute atomic E-state index is 0.167. The van der Waals surface area contributed by atoms with Gasteiger partial charge >= 0.3 is 0 Å². The van der Waals surface area contributed by atoms with Crippen molar-refractivity contribution in [3.63, 3.8) is 0 Å². The first-order valence-electron chi connectivity index (χ1n) is 5.39. The summed E-state index contributed by atoms with van der Waals surface area (Å²) in [5.41, 5.74) is 2.03. The second-order valence-corrected chi connectivity index (χ2v) is 5.37. The lowest BCUT2D eigenvalue weighted by molar-refractivity contribution is -0.0116. The van der Waals surface area contributed by atoms with Crippen molar-refractivity contribution in [2.75, 3.05) is 0 Å². The fourth-order valence-corrected chi connectivity index (χ4v) is 3.05. The lowest BCUT2D eigenvalue weighted by atomic mass is 9.48. The molecule has 1 nitrogen and oxygen atoms in total. The molecule has 3 atom stereocenters. The van der Waals surface area contributed by atoms with E-state index in [1.165, 1.54) is 18.4 Å². The summed E-state index contributed by atoms with van der Waals surface area (Å²) in [5.74, 6) is 1.68. The standard InChI is InChI=1S/C12H20O/c1-8(13)6-9-4-5-10-7-11(9)12(10,2)3/h4,8,10-11,13H,5-7H2,1-3H3. The van der Waals surface area contributed by atoms with Gasteiger partial charge in [-0.2, -0.15) is 0 Å². The molecule has 3 unspecified atom stereocenters. The van der Waals surface area contributed by atoms with Crippen molar-refractivity contribution in [1.29, 1.82) is 0 Å². The lowest BCUT2D eigenvalue weighted by Gasteiger charge is -2.56. The zero-order valence-corrected chi connectivity index (χ0v) is 8.88. The van der Waals surface area contributed by atoms with E-state index in [1.54, 1.807) is 0 Å². The normalized spacial score (nSPS) is 37.7. The van der Waals surface area contributed by atoms with Crippen LogP contribution in [0.15, 0.2) is 11.6 Å². The average molecular weight is 180 g/mol. The maximum Gasteiger partial charge on any atom is 0.0549 e. The van der Waals surface area contributed by atoms with Gasteiger partial charge in [-0.05, 0) is 43.4 Å². The molecule has 0 amide bonds. The predicted molar refractivity (Wildman–Crippen MR) is 54.4 cm³/mol. The number of hydrogen-bond donors (Lipinski definition) is 1. The van der Waals surface area contributed by atoms with Gasteiger partial charge in [-0.15, -0.1) is 0 Å². The monoisotopic (exact) mass is 180 g/mol. The predicted octanol–water partition coefficient (Wildman–Crippen LogP) is 2.75. The van der Waals surface area contributed by atoms with Crippen LogP contribution in [0.2, 0.25) is 0 Å². The number of fused-ring (bicyclic) bond motifs is 1. The summed E-state index contributed by atoms with van der Waals surface area (Å²) >= 11 is 0. The quantitative estimate of drug-likeness (QED) is 0.648. The molecule has 0 aliphatic heterocycles. The van der Waals surface area contributed by atoms with Crippen LogP contribution in [0.4, 0.5) is 0 Å². The van der Waals surface area contributed by atoms with Crippen LogP contribution >= 0.6 is 0 Å². The molecule has 1 heteroatoms. The molecule has 0 spiro atoms. The van der Waals surface area contributed by atoms with Gasteiger partial charge in [0.2, 0.25) is 0 Å². The van der Waals surface area contributed by atoms with Crippen molar-refractivity contribution in [2.24, 2.45) is 17.3 Å². The SMILES string of the molecule is CC(O)CC1=CCC2CC1C2(C)C. The molecule has 0 aromatic carbocycles. The Morgan fingerprint density at radius 3 is 2.77 bits per heavy atom. The van der Waals surface area contributed by atoms with Crippen LogP contribution in [0.3, 0.4) is 0 Å². The van der Waals surface area contributed by atoms with Gasteiger partial charge in [-0.3, -0.25) is 0 Å². The highest BCUT2D eigenvalue weighted by molar-refractivity contribution is 5.23. The van der Waals surface area contributed by atoms with E-state index in [-0.39, 0.29) is 6.10 Å². The molecule has 13 heavy (non-hydrogen) atoms. The summed E-state index contributed by atoms with van der Waals surface area (Å²) in [6.07, 6.45) is 5.70. The van der Waals surface area contributed by atoms with Gasteiger partial charge in [0, 0.05) is 0 Å². The third kappa shape index (κ3) is 1.34. The van der Waals surface area contributed by atoms with E-state index in [0.29, 0.717) is 5.41 Å². The second kappa shape index (κ2) is 2.84. The van der Waals surface area contributed by atoms with E-state index in [2.05, 4.69) is 19.9 Å². The van der Waals surface area contributed by atoms with Gasteiger partial charge in [0.15, 0.2) is 0 Å². The van der Waals surface area contributed by atoms with Crippen molar-refractivity contribution in [3.05, 3.63) is 11.6 Å². The van der Waals surface area contributed by atoms with E-state index in [4.69, 9.17) is 0 Å². The minimum atomic E-state index is -0.167. The molecule has 3 aliphatic carbocycles. The second-order valence-electron chi connectivity index (χ2n) is 5.37. The maximum atomic E-state index is 9.37. The largest absolute Gasteiger partial charge is 0.393 e. The van der Waals surface area contributed by atoms with Crippen LogP contribution < -0.4 is 0 Å². The number of aliphatic hydroxyl groups excluding tert-OH is 1. The Balaban J connectivity index is 2.10. The molecule has 3 aliphatic rings. The number of hydrogen-bond acceptors (Lipinski definition) is 1. The summed E-state index contributed by atoms with van der Waals surface area (Å²) in [6.45, 7) is 6.64. The fourth-order valence-electron chi connectivity index (χ4n) is 3.05. The van der Waals surface area contributed by atoms with Gasteiger partial charge in [-0.1, -0.05) is 25.5 Å². The van der Waals surface area contributed by atoms with Crippen molar-refractivity contribution < 1.29 is 5.11 Å². The fraction of sp³-hybridized carbons (Fsp3) is 0.833. The molecule has 1 fully saturated rings. The molecule has 0 saturated heterocycles. The summed E-state index contributed by atoms with van der Waals surface area (Å²) in [6, 6.07) is 0. The van der Waals surface area contributed by atoms with Crippen molar-refractivity contribution in [2.45, 2.75) is 46.1 Å². The van der Waals surface area contributed by atoms with Crippen molar-refractivity contribution in [3.8, 4) is 0 Å². The Morgan fingerprint density at radius 1 is 1.62 bits per heavy atom. The summed E-state index contributed by atoms with van der Waals surface area (Å²) in [7, 11) is 0. The van der Waals surface area contributed by atoms with Crippen LogP contribution in [-0.2, 0) is 0 Å². The molecule has 0 heterocycles. The van der Waals surface area contributed by atoms with Crippen LogP contribution in [0.1, 0.15) is 40.0 Å². The first-order chi connectivity index (χ1) is 6.01.